The van der Waals surface area contributed by atoms with Gasteiger partial charge in [0.05, 0.1) is 5.69 Å². The minimum atomic E-state index is 0. The summed E-state index contributed by atoms with van der Waals surface area (Å²) in [4.78, 5) is 10.8. The lowest BCUT2D eigenvalue weighted by Gasteiger charge is -2.17. The van der Waals surface area contributed by atoms with Crippen molar-refractivity contribution >= 4 is 49.0 Å². The molecule has 0 saturated carbocycles. The maximum atomic E-state index is 5.93. The van der Waals surface area contributed by atoms with Crippen LogP contribution < -0.4 is 16.4 Å². The van der Waals surface area contributed by atoms with Crippen molar-refractivity contribution in [3.05, 3.63) is 36.4 Å². The smallest absolute Gasteiger partial charge is 0.222 e. The maximum Gasteiger partial charge on any atom is 0.222 e. The van der Waals surface area contributed by atoms with Gasteiger partial charge in [-0.2, -0.15) is 4.98 Å². The molecule has 0 aliphatic carbocycles. The van der Waals surface area contributed by atoms with E-state index in [0.29, 0.717) is 5.95 Å². The van der Waals surface area contributed by atoms with Gasteiger partial charge in [0.25, 0.3) is 0 Å². The van der Waals surface area contributed by atoms with Crippen LogP contribution in [0.15, 0.2) is 36.4 Å². The molecular weight excluding hydrogens is 345 g/mol. The van der Waals surface area contributed by atoms with E-state index in [1.54, 1.807) is 0 Å². The summed E-state index contributed by atoms with van der Waals surface area (Å²) in [6.45, 7) is 1.75. The molecule has 8 heteroatoms. The normalized spacial score (nSPS) is 16.2. The Kier molecular flexibility index (Phi) is 8.48. The average Bonchev–Trinajstić information content (AvgIpc) is 2.86. The van der Waals surface area contributed by atoms with E-state index in [2.05, 4.69) is 14.9 Å². The molecule has 1 fully saturated rings. The lowest BCUT2D eigenvalue weighted by molar-refractivity contribution is 0.751. The van der Waals surface area contributed by atoms with Crippen LogP contribution >= 0.6 is 37.2 Å². The van der Waals surface area contributed by atoms with Crippen LogP contribution in [-0.2, 0) is 0 Å². The number of benzene rings is 1. The molecule has 0 amide bonds. The van der Waals surface area contributed by atoms with Crippen molar-refractivity contribution in [2.45, 2.75) is 12.5 Å². The third-order valence-electron chi connectivity index (χ3n) is 3.35. The van der Waals surface area contributed by atoms with Crippen LogP contribution in [0.4, 0.5) is 11.8 Å². The lowest BCUT2D eigenvalue weighted by atomic mass is 10.1. The predicted molar refractivity (Wildman–Crippen MR) is 98.4 cm³/mol. The van der Waals surface area contributed by atoms with Crippen LogP contribution in [0.5, 0.6) is 0 Å². The number of nitrogens with two attached hydrogens (primary N) is 2. The van der Waals surface area contributed by atoms with Gasteiger partial charge in [-0.1, -0.05) is 30.3 Å². The standard InChI is InChI=1S/C14H17N5.3ClH/c15-11-6-7-19(9-11)13-8-12(17-14(16)18-13)10-4-2-1-3-5-10;;;/h1-5,8,11H,6-7,9,15H2,(H2,16,17,18);3*1H. The fourth-order valence-electron chi connectivity index (χ4n) is 2.37. The van der Waals surface area contributed by atoms with Gasteiger partial charge in [-0.05, 0) is 6.42 Å². The SMILES string of the molecule is Cl.Cl.Cl.Nc1nc(-c2ccccc2)cc(N2CCC(N)C2)n1. The fraction of sp³-hybridized carbons (Fsp3) is 0.286. The Morgan fingerprint density at radius 3 is 2.32 bits per heavy atom. The molecule has 1 saturated heterocycles. The molecule has 2 aromatic rings. The van der Waals surface area contributed by atoms with Gasteiger partial charge >= 0.3 is 0 Å². The van der Waals surface area contributed by atoms with E-state index in [9.17, 15) is 0 Å². The van der Waals surface area contributed by atoms with E-state index in [1.807, 2.05) is 36.4 Å². The molecule has 1 aromatic carbocycles. The van der Waals surface area contributed by atoms with Crippen molar-refractivity contribution in [3.8, 4) is 11.3 Å². The summed E-state index contributed by atoms with van der Waals surface area (Å²) in [5.74, 6) is 1.16. The van der Waals surface area contributed by atoms with Gasteiger partial charge in [0.1, 0.15) is 5.82 Å². The Hall–Kier alpha value is -1.27. The zero-order valence-corrected chi connectivity index (χ0v) is 14.3. The minimum Gasteiger partial charge on any atom is -0.368 e. The number of rotatable bonds is 2. The van der Waals surface area contributed by atoms with Gasteiger partial charge in [0.2, 0.25) is 5.95 Å². The molecule has 2 heterocycles. The van der Waals surface area contributed by atoms with Gasteiger partial charge in [-0.25, -0.2) is 4.98 Å². The number of hydrogen-bond acceptors (Lipinski definition) is 5. The molecule has 1 aromatic heterocycles. The maximum absolute atomic E-state index is 5.93. The number of hydrogen-bond donors (Lipinski definition) is 2. The van der Waals surface area contributed by atoms with Gasteiger partial charge in [0.15, 0.2) is 0 Å². The number of nitrogen functional groups attached to an aromatic ring is 1. The van der Waals surface area contributed by atoms with Crippen molar-refractivity contribution in [3.63, 3.8) is 0 Å². The molecule has 3 rings (SSSR count). The zero-order chi connectivity index (χ0) is 13.2. The first-order valence-corrected chi connectivity index (χ1v) is 6.43. The molecule has 1 unspecified atom stereocenters. The third-order valence-corrected chi connectivity index (χ3v) is 3.35. The second kappa shape index (κ2) is 9.00. The van der Waals surface area contributed by atoms with E-state index in [-0.39, 0.29) is 43.3 Å². The van der Waals surface area contributed by atoms with Crippen molar-refractivity contribution < 1.29 is 0 Å². The topological polar surface area (TPSA) is 81.1 Å². The summed E-state index contributed by atoms with van der Waals surface area (Å²) in [6.07, 6.45) is 0.991. The van der Waals surface area contributed by atoms with Gasteiger partial charge in [-0.15, -0.1) is 37.2 Å². The van der Waals surface area contributed by atoms with Crippen LogP contribution in [0.2, 0.25) is 0 Å². The molecule has 4 N–H and O–H groups in total. The van der Waals surface area contributed by atoms with Crippen LogP contribution in [0.1, 0.15) is 6.42 Å². The number of halogens is 3. The highest BCUT2D eigenvalue weighted by molar-refractivity contribution is 5.86. The predicted octanol–water partition coefficient (Wildman–Crippen LogP) is 2.53. The van der Waals surface area contributed by atoms with Gasteiger partial charge < -0.3 is 16.4 Å². The quantitative estimate of drug-likeness (QED) is 0.856. The van der Waals surface area contributed by atoms with E-state index in [4.69, 9.17) is 11.5 Å². The summed E-state index contributed by atoms with van der Waals surface area (Å²) in [5, 5.41) is 0. The molecule has 1 aliphatic heterocycles. The fourth-order valence-corrected chi connectivity index (χ4v) is 2.37. The molecule has 1 aliphatic rings. The first-order valence-electron chi connectivity index (χ1n) is 6.43. The average molecular weight is 365 g/mol. The molecule has 0 radical (unpaired) electrons. The molecule has 22 heavy (non-hydrogen) atoms. The molecule has 5 nitrogen and oxygen atoms in total. The second-order valence-electron chi connectivity index (χ2n) is 4.83. The molecule has 1 atom stereocenters. The van der Waals surface area contributed by atoms with Gasteiger partial charge in [-0.3, -0.25) is 0 Å². The summed E-state index contributed by atoms with van der Waals surface area (Å²) >= 11 is 0. The Balaban J connectivity index is 0.00000147. The van der Waals surface area contributed by atoms with Crippen molar-refractivity contribution in [2.75, 3.05) is 23.7 Å². The minimum absolute atomic E-state index is 0. The Morgan fingerprint density at radius 2 is 1.73 bits per heavy atom. The number of nitrogens with zero attached hydrogens (tertiary/aromatic N) is 3. The Labute approximate surface area is 148 Å². The number of anilines is 2. The van der Waals surface area contributed by atoms with Gasteiger partial charge in [0, 0.05) is 30.8 Å². The van der Waals surface area contributed by atoms with E-state index >= 15 is 0 Å². The lowest BCUT2D eigenvalue weighted by Crippen LogP contribution is -2.27. The van der Waals surface area contributed by atoms with Crippen LogP contribution in [0.3, 0.4) is 0 Å². The highest BCUT2D eigenvalue weighted by Gasteiger charge is 2.21. The zero-order valence-electron chi connectivity index (χ0n) is 11.9. The summed E-state index contributed by atoms with van der Waals surface area (Å²) in [6, 6.07) is 12.2. The van der Waals surface area contributed by atoms with E-state index < -0.39 is 0 Å². The molecule has 0 spiro atoms. The highest BCUT2D eigenvalue weighted by Crippen LogP contribution is 2.24. The van der Waals surface area contributed by atoms with Crippen molar-refractivity contribution in [1.29, 1.82) is 0 Å². The summed E-state index contributed by atoms with van der Waals surface area (Å²) in [7, 11) is 0. The monoisotopic (exact) mass is 363 g/mol. The Bertz CT molecular complexity index is 582. The van der Waals surface area contributed by atoms with Crippen LogP contribution in [-0.4, -0.2) is 29.1 Å². The van der Waals surface area contributed by atoms with Crippen molar-refractivity contribution in [2.24, 2.45) is 5.73 Å². The molecule has 0 bridgehead atoms. The third kappa shape index (κ3) is 4.61. The van der Waals surface area contributed by atoms with Crippen LogP contribution in [0.25, 0.3) is 11.3 Å². The first kappa shape index (κ1) is 20.7. The van der Waals surface area contributed by atoms with E-state index in [0.717, 1.165) is 36.6 Å². The molecular formula is C14H20Cl3N5. The van der Waals surface area contributed by atoms with Crippen LogP contribution in [0, 0.1) is 0 Å². The van der Waals surface area contributed by atoms with E-state index in [1.165, 1.54) is 0 Å². The highest BCUT2D eigenvalue weighted by atomic mass is 35.5. The Morgan fingerprint density at radius 1 is 1.05 bits per heavy atom. The molecule has 122 valence electrons. The number of aromatic nitrogens is 2. The first-order chi connectivity index (χ1) is 9.22. The largest absolute Gasteiger partial charge is 0.368 e. The summed E-state index contributed by atoms with van der Waals surface area (Å²) < 4.78 is 0. The van der Waals surface area contributed by atoms with Crippen molar-refractivity contribution in [1.82, 2.24) is 9.97 Å². The summed E-state index contributed by atoms with van der Waals surface area (Å²) in [5.41, 5.74) is 13.6. The second-order valence-corrected chi connectivity index (χ2v) is 4.83.